The normalized spacial score (nSPS) is 21.7. The molecule has 0 aromatic carbocycles. The summed E-state index contributed by atoms with van der Waals surface area (Å²) < 4.78 is 5.36. The fourth-order valence-electron chi connectivity index (χ4n) is 1.64. The standard InChI is InChI=1S/C10H15N3O2/c11-8-1-2-12-10(5-8)13-3-4-15-9(6-13)7-14/h1-2,5,9,14H,3-4,6-7H2,(H2,11,12). The van der Waals surface area contributed by atoms with E-state index in [1.54, 1.807) is 12.3 Å². The molecule has 1 aliphatic rings. The van der Waals surface area contributed by atoms with Crippen LogP contribution in [0.2, 0.25) is 0 Å². The fraction of sp³-hybridized carbons (Fsp3) is 0.500. The lowest BCUT2D eigenvalue weighted by Crippen LogP contribution is -2.44. The van der Waals surface area contributed by atoms with Crippen molar-refractivity contribution in [2.75, 3.05) is 36.9 Å². The molecule has 3 N–H and O–H groups in total. The van der Waals surface area contributed by atoms with Crippen molar-refractivity contribution in [2.45, 2.75) is 6.10 Å². The van der Waals surface area contributed by atoms with Crippen LogP contribution in [0.5, 0.6) is 0 Å². The summed E-state index contributed by atoms with van der Waals surface area (Å²) in [6.45, 7) is 2.10. The molecule has 2 heterocycles. The highest BCUT2D eigenvalue weighted by Crippen LogP contribution is 2.16. The van der Waals surface area contributed by atoms with Crippen LogP contribution in [-0.2, 0) is 4.74 Å². The molecule has 1 unspecified atom stereocenters. The Morgan fingerprint density at radius 3 is 3.27 bits per heavy atom. The van der Waals surface area contributed by atoms with Gasteiger partial charge < -0.3 is 20.5 Å². The highest BCUT2D eigenvalue weighted by molar-refractivity contribution is 5.50. The van der Waals surface area contributed by atoms with E-state index in [2.05, 4.69) is 9.88 Å². The third-order valence-electron chi connectivity index (χ3n) is 2.44. The Bertz CT molecular complexity index is 332. The minimum Gasteiger partial charge on any atom is -0.399 e. The molecular weight excluding hydrogens is 194 g/mol. The maximum atomic E-state index is 9.01. The van der Waals surface area contributed by atoms with Gasteiger partial charge in [0.05, 0.1) is 19.3 Å². The van der Waals surface area contributed by atoms with Crippen LogP contribution in [0.4, 0.5) is 11.5 Å². The number of aromatic nitrogens is 1. The van der Waals surface area contributed by atoms with Crippen molar-refractivity contribution in [2.24, 2.45) is 0 Å². The molecule has 0 amide bonds. The summed E-state index contributed by atoms with van der Waals surface area (Å²) in [5.74, 6) is 0.844. The second-order valence-electron chi connectivity index (χ2n) is 3.57. The first-order chi connectivity index (χ1) is 7.29. The number of nitrogens with two attached hydrogens (primary N) is 1. The van der Waals surface area contributed by atoms with Gasteiger partial charge in [-0.1, -0.05) is 0 Å². The SMILES string of the molecule is Nc1ccnc(N2CCOC(CO)C2)c1. The number of pyridine rings is 1. The van der Waals surface area contributed by atoms with Crippen LogP contribution in [0.3, 0.4) is 0 Å². The minimum atomic E-state index is -0.123. The first-order valence-electron chi connectivity index (χ1n) is 4.98. The van der Waals surface area contributed by atoms with Gasteiger partial charge in [-0.05, 0) is 6.07 Å². The Morgan fingerprint density at radius 1 is 1.67 bits per heavy atom. The van der Waals surface area contributed by atoms with Crippen molar-refractivity contribution in [1.29, 1.82) is 0 Å². The largest absolute Gasteiger partial charge is 0.399 e. The van der Waals surface area contributed by atoms with E-state index >= 15 is 0 Å². The summed E-state index contributed by atoms with van der Waals surface area (Å²) >= 11 is 0. The molecule has 0 spiro atoms. The lowest BCUT2D eigenvalue weighted by atomic mass is 10.2. The zero-order valence-electron chi connectivity index (χ0n) is 8.47. The van der Waals surface area contributed by atoms with Gasteiger partial charge >= 0.3 is 0 Å². The van der Waals surface area contributed by atoms with Crippen molar-refractivity contribution in [3.63, 3.8) is 0 Å². The number of nitrogen functional groups attached to an aromatic ring is 1. The number of aliphatic hydroxyl groups excluding tert-OH is 1. The summed E-state index contributed by atoms with van der Waals surface area (Å²) in [4.78, 5) is 6.31. The Kier molecular flexibility index (Phi) is 3.03. The summed E-state index contributed by atoms with van der Waals surface area (Å²) in [5.41, 5.74) is 6.39. The number of hydrogen-bond donors (Lipinski definition) is 2. The number of anilines is 2. The van der Waals surface area contributed by atoms with Gasteiger partial charge in [-0.3, -0.25) is 0 Å². The molecule has 1 aliphatic heterocycles. The zero-order valence-corrected chi connectivity index (χ0v) is 8.47. The zero-order chi connectivity index (χ0) is 10.7. The predicted molar refractivity (Wildman–Crippen MR) is 57.7 cm³/mol. The van der Waals surface area contributed by atoms with E-state index in [1.807, 2.05) is 6.07 Å². The quantitative estimate of drug-likeness (QED) is 0.709. The van der Waals surface area contributed by atoms with E-state index in [4.69, 9.17) is 15.6 Å². The molecule has 0 saturated carbocycles. The average molecular weight is 209 g/mol. The summed E-state index contributed by atoms with van der Waals surface area (Å²) in [5, 5.41) is 9.01. The molecule has 5 nitrogen and oxygen atoms in total. The molecule has 1 atom stereocenters. The Morgan fingerprint density at radius 2 is 2.53 bits per heavy atom. The van der Waals surface area contributed by atoms with E-state index in [0.717, 1.165) is 12.4 Å². The number of morpholine rings is 1. The summed E-state index contributed by atoms with van der Waals surface area (Å²) in [7, 11) is 0. The number of ether oxygens (including phenoxy) is 1. The van der Waals surface area contributed by atoms with E-state index in [9.17, 15) is 0 Å². The molecule has 0 aliphatic carbocycles. The lowest BCUT2D eigenvalue weighted by Gasteiger charge is -2.32. The summed E-state index contributed by atoms with van der Waals surface area (Å²) in [6, 6.07) is 3.59. The van der Waals surface area contributed by atoms with Crippen LogP contribution in [0.1, 0.15) is 0 Å². The van der Waals surface area contributed by atoms with Gasteiger partial charge in [0.25, 0.3) is 0 Å². The van der Waals surface area contributed by atoms with Crippen LogP contribution >= 0.6 is 0 Å². The second-order valence-corrected chi connectivity index (χ2v) is 3.57. The van der Waals surface area contributed by atoms with E-state index in [0.29, 0.717) is 18.8 Å². The molecule has 15 heavy (non-hydrogen) atoms. The van der Waals surface area contributed by atoms with Crippen molar-refractivity contribution in [3.8, 4) is 0 Å². The summed E-state index contributed by atoms with van der Waals surface area (Å²) in [6.07, 6.45) is 1.57. The van der Waals surface area contributed by atoms with Gasteiger partial charge in [0.15, 0.2) is 0 Å². The van der Waals surface area contributed by atoms with Gasteiger partial charge in [0.2, 0.25) is 0 Å². The average Bonchev–Trinajstić information content (AvgIpc) is 2.29. The molecule has 2 rings (SSSR count). The highest BCUT2D eigenvalue weighted by atomic mass is 16.5. The lowest BCUT2D eigenvalue weighted by molar-refractivity contribution is 0.00336. The van der Waals surface area contributed by atoms with Gasteiger partial charge in [-0.2, -0.15) is 0 Å². The molecule has 1 aromatic heterocycles. The topological polar surface area (TPSA) is 71.6 Å². The first kappa shape index (κ1) is 10.2. The minimum absolute atomic E-state index is 0.0405. The Balaban J connectivity index is 2.09. The van der Waals surface area contributed by atoms with Crippen molar-refractivity contribution >= 4 is 11.5 Å². The predicted octanol–water partition coefficient (Wildman–Crippen LogP) is -0.139. The number of nitrogens with zero attached hydrogens (tertiary/aromatic N) is 2. The first-order valence-corrected chi connectivity index (χ1v) is 4.98. The van der Waals surface area contributed by atoms with E-state index in [1.165, 1.54) is 0 Å². The molecule has 5 heteroatoms. The van der Waals surface area contributed by atoms with Gasteiger partial charge in [-0.25, -0.2) is 4.98 Å². The molecule has 0 bridgehead atoms. The highest BCUT2D eigenvalue weighted by Gasteiger charge is 2.20. The maximum Gasteiger partial charge on any atom is 0.130 e. The van der Waals surface area contributed by atoms with Crippen LogP contribution in [0, 0.1) is 0 Å². The molecule has 1 saturated heterocycles. The molecular formula is C10H15N3O2. The van der Waals surface area contributed by atoms with Crippen LogP contribution in [-0.4, -0.2) is 42.5 Å². The molecule has 1 fully saturated rings. The van der Waals surface area contributed by atoms with E-state index in [-0.39, 0.29) is 12.7 Å². The van der Waals surface area contributed by atoms with Gasteiger partial charge in [0.1, 0.15) is 5.82 Å². The van der Waals surface area contributed by atoms with Gasteiger partial charge in [-0.15, -0.1) is 0 Å². The third kappa shape index (κ3) is 2.37. The number of rotatable bonds is 2. The van der Waals surface area contributed by atoms with Crippen LogP contribution < -0.4 is 10.6 Å². The molecule has 82 valence electrons. The Labute approximate surface area is 88.5 Å². The monoisotopic (exact) mass is 209 g/mol. The smallest absolute Gasteiger partial charge is 0.130 e. The van der Waals surface area contributed by atoms with Crippen molar-refractivity contribution < 1.29 is 9.84 Å². The molecule has 1 aromatic rings. The van der Waals surface area contributed by atoms with E-state index < -0.39 is 0 Å². The van der Waals surface area contributed by atoms with Gasteiger partial charge in [0, 0.05) is 31.0 Å². The Hall–Kier alpha value is -1.33. The third-order valence-corrected chi connectivity index (χ3v) is 2.44. The maximum absolute atomic E-state index is 9.01. The number of hydrogen-bond acceptors (Lipinski definition) is 5. The fourth-order valence-corrected chi connectivity index (χ4v) is 1.64. The second kappa shape index (κ2) is 4.46. The number of aliphatic hydroxyl groups is 1. The molecule has 0 radical (unpaired) electrons. The van der Waals surface area contributed by atoms with Crippen LogP contribution in [0.15, 0.2) is 18.3 Å². The van der Waals surface area contributed by atoms with Crippen molar-refractivity contribution in [3.05, 3.63) is 18.3 Å². The van der Waals surface area contributed by atoms with Crippen LogP contribution in [0.25, 0.3) is 0 Å². The van der Waals surface area contributed by atoms with Crippen molar-refractivity contribution in [1.82, 2.24) is 4.98 Å².